The highest BCUT2D eigenvalue weighted by molar-refractivity contribution is 9.10. The first kappa shape index (κ1) is 11.5. The summed E-state index contributed by atoms with van der Waals surface area (Å²) in [5.74, 6) is 0.526. The van der Waals surface area contributed by atoms with Crippen molar-refractivity contribution in [2.75, 3.05) is 19.5 Å². The second kappa shape index (κ2) is 4.31. The number of halogens is 1. The molecule has 1 heterocycles. The highest BCUT2D eigenvalue weighted by atomic mass is 79.9. The van der Waals surface area contributed by atoms with Crippen LogP contribution >= 0.6 is 15.9 Å². The Balaban J connectivity index is 2.68. The first-order valence-electron chi connectivity index (χ1n) is 4.42. The van der Waals surface area contributed by atoms with Crippen LogP contribution in [0.2, 0.25) is 0 Å². The molecule has 0 atom stereocenters. The molecular weight excluding hydrogens is 246 g/mol. The normalized spacial score (nSPS) is 12.0. The summed E-state index contributed by atoms with van der Waals surface area (Å²) in [4.78, 5) is 0. The average molecular weight is 262 g/mol. The van der Waals surface area contributed by atoms with Crippen molar-refractivity contribution in [2.24, 2.45) is 5.41 Å². The van der Waals surface area contributed by atoms with Crippen LogP contribution in [0.5, 0.6) is 0 Å². The molecular formula is C9H16BrN3O. The van der Waals surface area contributed by atoms with Crippen LogP contribution in [0.15, 0.2) is 10.7 Å². The Morgan fingerprint density at radius 2 is 2.29 bits per heavy atom. The number of nitrogens with zero attached hydrogens (tertiary/aromatic N) is 2. The maximum atomic E-state index is 5.62. The highest BCUT2D eigenvalue weighted by Crippen LogP contribution is 2.22. The molecule has 4 nitrogen and oxygen atoms in total. The minimum absolute atomic E-state index is 0.0622. The topological polar surface area (TPSA) is 53.1 Å². The molecule has 0 unspecified atom stereocenters. The van der Waals surface area contributed by atoms with Gasteiger partial charge in [-0.3, -0.25) is 4.68 Å². The molecule has 0 aliphatic heterocycles. The molecule has 0 saturated carbocycles. The van der Waals surface area contributed by atoms with E-state index in [0.717, 1.165) is 11.0 Å². The predicted molar refractivity (Wildman–Crippen MR) is 60.0 cm³/mol. The van der Waals surface area contributed by atoms with E-state index in [9.17, 15) is 0 Å². The van der Waals surface area contributed by atoms with Crippen LogP contribution in [-0.2, 0) is 11.3 Å². The highest BCUT2D eigenvalue weighted by Gasteiger charge is 2.19. The lowest BCUT2D eigenvalue weighted by Gasteiger charge is -2.23. The molecule has 1 aromatic rings. The van der Waals surface area contributed by atoms with E-state index in [2.05, 4.69) is 34.9 Å². The van der Waals surface area contributed by atoms with Crippen molar-refractivity contribution in [3.63, 3.8) is 0 Å². The summed E-state index contributed by atoms with van der Waals surface area (Å²) >= 11 is 3.32. The molecule has 0 aliphatic rings. The SMILES string of the molecule is COCC(C)(C)Cn1cc(Br)c(N)n1. The van der Waals surface area contributed by atoms with Crippen LogP contribution in [0.3, 0.4) is 0 Å². The van der Waals surface area contributed by atoms with E-state index >= 15 is 0 Å². The van der Waals surface area contributed by atoms with E-state index in [-0.39, 0.29) is 5.41 Å². The molecule has 0 bridgehead atoms. The fraction of sp³-hybridized carbons (Fsp3) is 0.667. The Bertz CT molecular complexity index is 290. The molecule has 0 aliphatic carbocycles. The molecule has 0 radical (unpaired) electrons. The number of aromatic nitrogens is 2. The zero-order valence-corrected chi connectivity index (χ0v) is 10.3. The Morgan fingerprint density at radius 3 is 2.71 bits per heavy atom. The number of anilines is 1. The van der Waals surface area contributed by atoms with E-state index in [1.165, 1.54) is 0 Å². The van der Waals surface area contributed by atoms with Crippen LogP contribution in [0.4, 0.5) is 5.82 Å². The summed E-state index contributed by atoms with van der Waals surface area (Å²) in [6.45, 7) is 5.74. The van der Waals surface area contributed by atoms with Gasteiger partial charge < -0.3 is 10.5 Å². The minimum Gasteiger partial charge on any atom is -0.384 e. The first-order chi connectivity index (χ1) is 6.44. The summed E-state index contributed by atoms with van der Waals surface area (Å²) in [5, 5.41) is 4.17. The van der Waals surface area contributed by atoms with Crippen LogP contribution in [0, 0.1) is 5.41 Å². The molecule has 80 valence electrons. The van der Waals surface area contributed by atoms with Crippen LogP contribution in [0.25, 0.3) is 0 Å². The van der Waals surface area contributed by atoms with Gasteiger partial charge in [0.1, 0.15) is 0 Å². The van der Waals surface area contributed by atoms with Crippen molar-refractivity contribution in [3.8, 4) is 0 Å². The van der Waals surface area contributed by atoms with Gasteiger partial charge in [0, 0.05) is 25.3 Å². The zero-order valence-electron chi connectivity index (χ0n) is 8.75. The fourth-order valence-corrected chi connectivity index (χ4v) is 1.68. The molecule has 1 rings (SSSR count). The van der Waals surface area contributed by atoms with E-state index in [1.807, 2.05) is 10.9 Å². The lowest BCUT2D eigenvalue weighted by Crippen LogP contribution is -2.25. The smallest absolute Gasteiger partial charge is 0.159 e. The van der Waals surface area contributed by atoms with Crippen molar-refractivity contribution >= 4 is 21.7 Å². The molecule has 0 fully saturated rings. The third-order valence-electron chi connectivity index (χ3n) is 1.87. The summed E-state index contributed by atoms with van der Waals surface area (Å²) in [6.07, 6.45) is 1.88. The zero-order chi connectivity index (χ0) is 10.8. The summed E-state index contributed by atoms with van der Waals surface area (Å²) in [5.41, 5.74) is 5.69. The lowest BCUT2D eigenvalue weighted by molar-refractivity contribution is 0.0892. The van der Waals surface area contributed by atoms with Crippen LogP contribution in [0.1, 0.15) is 13.8 Å². The molecule has 14 heavy (non-hydrogen) atoms. The van der Waals surface area contributed by atoms with Crippen LogP contribution in [-0.4, -0.2) is 23.5 Å². The molecule has 0 aromatic carbocycles. The maximum Gasteiger partial charge on any atom is 0.159 e. The van der Waals surface area contributed by atoms with E-state index in [0.29, 0.717) is 12.4 Å². The third-order valence-corrected chi connectivity index (χ3v) is 2.48. The third kappa shape index (κ3) is 2.99. The lowest BCUT2D eigenvalue weighted by atomic mass is 9.95. The van der Waals surface area contributed by atoms with E-state index in [4.69, 9.17) is 10.5 Å². The second-order valence-electron chi connectivity index (χ2n) is 4.16. The van der Waals surface area contributed by atoms with Gasteiger partial charge in [-0.2, -0.15) is 5.10 Å². The van der Waals surface area contributed by atoms with Gasteiger partial charge in [0.25, 0.3) is 0 Å². The number of ether oxygens (including phenoxy) is 1. The molecule has 2 N–H and O–H groups in total. The summed E-state index contributed by atoms with van der Waals surface area (Å²) < 4.78 is 7.80. The van der Waals surface area contributed by atoms with Gasteiger partial charge in [0.15, 0.2) is 5.82 Å². The van der Waals surface area contributed by atoms with Gasteiger partial charge in [-0.15, -0.1) is 0 Å². The number of methoxy groups -OCH3 is 1. The first-order valence-corrected chi connectivity index (χ1v) is 5.21. The molecule has 5 heteroatoms. The summed E-state index contributed by atoms with van der Waals surface area (Å²) in [7, 11) is 1.70. The molecule has 1 aromatic heterocycles. The Morgan fingerprint density at radius 1 is 1.64 bits per heavy atom. The Hall–Kier alpha value is -0.550. The van der Waals surface area contributed by atoms with Gasteiger partial charge >= 0.3 is 0 Å². The Kier molecular flexibility index (Phi) is 3.55. The number of hydrogen-bond donors (Lipinski definition) is 1. The largest absolute Gasteiger partial charge is 0.384 e. The van der Waals surface area contributed by atoms with Gasteiger partial charge in [-0.05, 0) is 15.9 Å². The van der Waals surface area contributed by atoms with E-state index in [1.54, 1.807) is 7.11 Å². The van der Waals surface area contributed by atoms with Gasteiger partial charge in [0.2, 0.25) is 0 Å². The van der Waals surface area contributed by atoms with Crippen LogP contribution < -0.4 is 5.73 Å². The number of nitrogens with two attached hydrogens (primary N) is 1. The monoisotopic (exact) mass is 261 g/mol. The number of hydrogen-bond acceptors (Lipinski definition) is 3. The average Bonchev–Trinajstić information content (AvgIpc) is 2.29. The number of nitrogen functional groups attached to an aromatic ring is 1. The van der Waals surface area contributed by atoms with Crippen molar-refractivity contribution < 1.29 is 4.74 Å². The molecule has 0 saturated heterocycles. The number of rotatable bonds is 4. The Labute approximate surface area is 92.5 Å². The van der Waals surface area contributed by atoms with Crippen molar-refractivity contribution in [3.05, 3.63) is 10.7 Å². The van der Waals surface area contributed by atoms with Gasteiger partial charge in [-0.25, -0.2) is 0 Å². The van der Waals surface area contributed by atoms with Gasteiger partial charge in [0.05, 0.1) is 11.1 Å². The quantitative estimate of drug-likeness (QED) is 0.901. The predicted octanol–water partition coefficient (Wildman–Crippen LogP) is 1.90. The van der Waals surface area contributed by atoms with Crippen molar-refractivity contribution in [2.45, 2.75) is 20.4 Å². The molecule has 0 amide bonds. The van der Waals surface area contributed by atoms with E-state index < -0.39 is 0 Å². The van der Waals surface area contributed by atoms with Gasteiger partial charge in [-0.1, -0.05) is 13.8 Å². The standard InChI is InChI=1S/C9H16BrN3O/c1-9(2,6-14-3)5-13-4-7(10)8(11)12-13/h4H,5-6H2,1-3H3,(H2,11,12). The van der Waals surface area contributed by atoms with Crippen molar-refractivity contribution in [1.82, 2.24) is 9.78 Å². The second-order valence-corrected chi connectivity index (χ2v) is 5.01. The molecule has 0 spiro atoms. The fourth-order valence-electron chi connectivity index (χ4n) is 1.37. The minimum atomic E-state index is 0.0622. The van der Waals surface area contributed by atoms with Crippen molar-refractivity contribution in [1.29, 1.82) is 0 Å². The maximum absolute atomic E-state index is 5.62. The summed E-state index contributed by atoms with van der Waals surface area (Å²) in [6, 6.07) is 0.